The van der Waals surface area contributed by atoms with Crippen LogP contribution in [-0.4, -0.2) is 51.6 Å². The van der Waals surface area contributed by atoms with Crippen LogP contribution in [0.1, 0.15) is 50.2 Å². The molecule has 3 fully saturated rings. The molecule has 1 aromatic heterocycles. The summed E-state index contributed by atoms with van der Waals surface area (Å²) in [6.07, 6.45) is 8.51. The summed E-state index contributed by atoms with van der Waals surface area (Å²) in [4.78, 5) is 31.7. The second kappa shape index (κ2) is 6.61. The minimum Gasteiger partial charge on any atom is -0.465 e. The number of hydrogen-bond acceptors (Lipinski definition) is 3. The Hall–Kier alpha value is -2.31. The SMILES string of the molecule is CC1(C2C(CNC(=O)N3Cc4ccncc4C3)C23CCN(C(=O)O)CC3)CCC1. The number of fused-ring (bicyclic) bond motifs is 1. The van der Waals surface area contributed by atoms with E-state index in [1.165, 1.54) is 24.8 Å². The lowest BCUT2D eigenvalue weighted by molar-refractivity contribution is 0.0730. The molecule has 0 aromatic carbocycles. The van der Waals surface area contributed by atoms with Gasteiger partial charge in [-0.15, -0.1) is 0 Å². The lowest BCUT2D eigenvalue weighted by atomic mass is 9.64. The van der Waals surface area contributed by atoms with Gasteiger partial charge >= 0.3 is 12.1 Å². The van der Waals surface area contributed by atoms with Gasteiger partial charge in [0.05, 0.1) is 0 Å². The van der Waals surface area contributed by atoms with Gasteiger partial charge in [0.1, 0.15) is 0 Å². The summed E-state index contributed by atoms with van der Waals surface area (Å²) in [6.45, 7) is 5.63. The Bertz CT molecular complexity index is 804. The van der Waals surface area contributed by atoms with Crippen LogP contribution < -0.4 is 5.32 Å². The van der Waals surface area contributed by atoms with E-state index in [1.807, 2.05) is 17.2 Å². The van der Waals surface area contributed by atoms with Crippen LogP contribution in [-0.2, 0) is 13.1 Å². The van der Waals surface area contributed by atoms with E-state index in [1.54, 1.807) is 11.1 Å². The smallest absolute Gasteiger partial charge is 0.407 e. The zero-order chi connectivity index (χ0) is 20.2. The van der Waals surface area contributed by atoms with Crippen molar-refractivity contribution in [1.29, 1.82) is 0 Å². The molecule has 4 aliphatic rings. The highest BCUT2D eigenvalue weighted by molar-refractivity contribution is 5.75. The number of urea groups is 1. The number of carbonyl (C=O) groups excluding carboxylic acids is 1. The molecule has 2 unspecified atom stereocenters. The van der Waals surface area contributed by atoms with Gasteiger partial charge in [-0.3, -0.25) is 4.98 Å². The third-order valence-corrected chi connectivity index (χ3v) is 8.35. The average Bonchev–Trinajstić information content (AvgIpc) is 3.08. The number of carboxylic acid groups (broad SMARTS) is 1. The monoisotopic (exact) mass is 398 g/mol. The molecule has 29 heavy (non-hydrogen) atoms. The van der Waals surface area contributed by atoms with E-state index in [0.717, 1.165) is 18.4 Å². The third kappa shape index (κ3) is 2.97. The standard InChI is InChI=1S/C22H30N4O3/c1-21(4-2-5-21)18-17(22(18)6-9-25(10-7-22)20(28)29)12-24-19(27)26-13-15-3-8-23-11-16(15)14-26/h3,8,11,17-18H,2,4-7,9-10,12-14H2,1H3,(H,24,27)(H,28,29). The van der Waals surface area contributed by atoms with Gasteiger partial charge in [-0.2, -0.15) is 0 Å². The van der Waals surface area contributed by atoms with E-state index in [-0.39, 0.29) is 11.4 Å². The maximum atomic E-state index is 12.8. The molecule has 3 heterocycles. The molecule has 156 valence electrons. The molecule has 2 atom stereocenters. The fourth-order valence-corrected chi connectivity index (χ4v) is 6.59. The van der Waals surface area contributed by atoms with Crippen molar-refractivity contribution in [2.24, 2.45) is 22.7 Å². The van der Waals surface area contributed by atoms with E-state index < -0.39 is 6.09 Å². The normalized spacial score (nSPS) is 28.6. The summed E-state index contributed by atoms with van der Waals surface area (Å²) in [5.74, 6) is 1.08. The molecule has 2 aliphatic carbocycles. The van der Waals surface area contributed by atoms with E-state index >= 15 is 0 Å². The molecule has 5 rings (SSSR count). The van der Waals surface area contributed by atoms with Crippen molar-refractivity contribution >= 4 is 12.1 Å². The van der Waals surface area contributed by atoms with Gasteiger partial charge in [-0.1, -0.05) is 13.3 Å². The van der Waals surface area contributed by atoms with Crippen LogP contribution in [0.25, 0.3) is 0 Å². The Balaban J connectivity index is 1.23. The molecule has 3 amide bonds. The summed E-state index contributed by atoms with van der Waals surface area (Å²) in [5, 5.41) is 12.5. The summed E-state index contributed by atoms with van der Waals surface area (Å²) < 4.78 is 0. The number of amides is 3. The summed E-state index contributed by atoms with van der Waals surface area (Å²) in [7, 11) is 0. The van der Waals surface area contributed by atoms with E-state index in [4.69, 9.17) is 0 Å². The van der Waals surface area contributed by atoms with Crippen LogP contribution in [0.2, 0.25) is 0 Å². The number of likely N-dealkylation sites (tertiary alicyclic amines) is 1. The molecular weight excluding hydrogens is 368 g/mol. The highest BCUT2D eigenvalue weighted by Gasteiger charge is 2.70. The van der Waals surface area contributed by atoms with Gasteiger partial charge in [-0.05, 0) is 65.5 Å². The maximum Gasteiger partial charge on any atom is 0.407 e. The highest BCUT2D eigenvalue weighted by atomic mass is 16.4. The van der Waals surface area contributed by atoms with Crippen molar-refractivity contribution in [1.82, 2.24) is 20.1 Å². The molecule has 0 radical (unpaired) electrons. The van der Waals surface area contributed by atoms with Crippen LogP contribution in [0.4, 0.5) is 9.59 Å². The van der Waals surface area contributed by atoms with Crippen LogP contribution >= 0.6 is 0 Å². The summed E-state index contributed by atoms with van der Waals surface area (Å²) in [5.41, 5.74) is 2.90. The van der Waals surface area contributed by atoms with Gasteiger partial charge in [0.25, 0.3) is 0 Å². The fourth-order valence-electron chi connectivity index (χ4n) is 6.59. The molecule has 1 aromatic rings. The zero-order valence-corrected chi connectivity index (χ0v) is 17.1. The number of hydrogen-bond donors (Lipinski definition) is 2. The first-order chi connectivity index (χ1) is 13.9. The predicted octanol–water partition coefficient (Wildman–Crippen LogP) is 3.30. The maximum absolute atomic E-state index is 12.8. The van der Waals surface area contributed by atoms with Crippen LogP contribution in [0, 0.1) is 22.7 Å². The Labute approximate surface area is 171 Å². The van der Waals surface area contributed by atoms with Gasteiger partial charge in [0, 0.05) is 45.1 Å². The molecule has 2 N–H and O–H groups in total. The predicted molar refractivity (Wildman–Crippen MR) is 107 cm³/mol. The van der Waals surface area contributed by atoms with E-state index in [2.05, 4.69) is 17.2 Å². The molecular formula is C22H30N4O3. The van der Waals surface area contributed by atoms with Gasteiger partial charge in [0.2, 0.25) is 0 Å². The first kappa shape index (κ1) is 18.7. The van der Waals surface area contributed by atoms with Crippen molar-refractivity contribution < 1.29 is 14.7 Å². The Morgan fingerprint density at radius 1 is 1.17 bits per heavy atom. The van der Waals surface area contributed by atoms with Crippen molar-refractivity contribution in [2.75, 3.05) is 19.6 Å². The van der Waals surface area contributed by atoms with Gasteiger partial charge in [0.15, 0.2) is 0 Å². The quantitative estimate of drug-likeness (QED) is 0.818. The lowest BCUT2D eigenvalue weighted by Crippen LogP contribution is -2.41. The second-order valence-corrected chi connectivity index (χ2v) is 9.78. The summed E-state index contributed by atoms with van der Waals surface area (Å²) >= 11 is 0. The number of carbonyl (C=O) groups is 2. The van der Waals surface area contributed by atoms with Crippen molar-refractivity contribution in [3.05, 3.63) is 29.6 Å². The van der Waals surface area contributed by atoms with E-state index in [9.17, 15) is 14.7 Å². The number of pyridine rings is 1. The largest absolute Gasteiger partial charge is 0.465 e. The third-order valence-electron chi connectivity index (χ3n) is 8.35. The summed E-state index contributed by atoms with van der Waals surface area (Å²) in [6, 6.07) is 1.99. The van der Waals surface area contributed by atoms with Gasteiger partial charge in [-0.25, -0.2) is 9.59 Å². The topological polar surface area (TPSA) is 85.8 Å². The first-order valence-corrected chi connectivity index (χ1v) is 10.9. The minimum absolute atomic E-state index is 0.00346. The number of aromatic nitrogens is 1. The van der Waals surface area contributed by atoms with E-state index in [0.29, 0.717) is 50.0 Å². The van der Waals surface area contributed by atoms with Gasteiger partial charge < -0.3 is 20.2 Å². The molecule has 1 spiro atoms. The molecule has 1 saturated heterocycles. The van der Waals surface area contributed by atoms with Crippen molar-refractivity contribution in [2.45, 2.75) is 52.1 Å². The van der Waals surface area contributed by atoms with Crippen LogP contribution in [0.15, 0.2) is 18.5 Å². The van der Waals surface area contributed by atoms with Crippen molar-refractivity contribution in [3.8, 4) is 0 Å². The first-order valence-electron chi connectivity index (χ1n) is 10.9. The Morgan fingerprint density at radius 3 is 2.52 bits per heavy atom. The number of nitrogens with one attached hydrogen (secondary N) is 1. The lowest BCUT2D eigenvalue weighted by Gasteiger charge is -2.42. The average molecular weight is 399 g/mol. The number of rotatable bonds is 3. The molecule has 2 saturated carbocycles. The van der Waals surface area contributed by atoms with Crippen LogP contribution in [0.5, 0.6) is 0 Å². The molecule has 7 nitrogen and oxygen atoms in total. The molecule has 0 bridgehead atoms. The Morgan fingerprint density at radius 2 is 1.90 bits per heavy atom. The zero-order valence-electron chi connectivity index (χ0n) is 17.1. The molecule has 7 heteroatoms. The number of piperidine rings is 1. The highest BCUT2D eigenvalue weighted by Crippen LogP contribution is 2.74. The number of nitrogens with zero attached hydrogens (tertiary/aromatic N) is 3. The second-order valence-electron chi connectivity index (χ2n) is 9.78. The van der Waals surface area contributed by atoms with Crippen molar-refractivity contribution in [3.63, 3.8) is 0 Å². The molecule has 2 aliphatic heterocycles. The fraction of sp³-hybridized carbons (Fsp3) is 0.682. The Kier molecular flexibility index (Phi) is 4.26. The minimum atomic E-state index is -0.806. The van der Waals surface area contributed by atoms with Crippen LogP contribution in [0.3, 0.4) is 0 Å².